The molecule has 0 spiro atoms. The van der Waals surface area contributed by atoms with Crippen LogP contribution in [-0.2, 0) is 27.8 Å². The summed E-state index contributed by atoms with van der Waals surface area (Å²) in [6.07, 6.45) is 1.29. The molecule has 0 radical (unpaired) electrons. The Bertz CT molecular complexity index is 1790. The molecule has 1 N–H and O–H groups in total. The largest absolute Gasteiger partial charge is 0.493 e. The molecule has 11 nitrogen and oxygen atoms in total. The quantitative estimate of drug-likeness (QED) is 0.258. The van der Waals surface area contributed by atoms with E-state index in [4.69, 9.17) is 25.8 Å². The van der Waals surface area contributed by atoms with Crippen LogP contribution in [0.4, 0.5) is 19.3 Å². The summed E-state index contributed by atoms with van der Waals surface area (Å²) >= 11 is 6.90. The molecule has 2 aromatic heterocycles. The van der Waals surface area contributed by atoms with Crippen molar-refractivity contribution < 1.29 is 36.2 Å². The third-order valence-corrected chi connectivity index (χ3v) is 9.56. The number of nitrogens with one attached hydrogen (secondary N) is 1. The van der Waals surface area contributed by atoms with E-state index in [1.54, 1.807) is 31.2 Å². The molecule has 2 aromatic carbocycles. The van der Waals surface area contributed by atoms with E-state index in [0.717, 1.165) is 14.9 Å². The van der Waals surface area contributed by atoms with Gasteiger partial charge in [-0.15, -0.1) is 0 Å². The van der Waals surface area contributed by atoms with Gasteiger partial charge >= 0.3 is 6.03 Å². The standard InChI is InChI=1S/C30H32ClF2N5O6S/c1-4-34-30(39)37(28-26(32)23(42-2)15-24(43-3)27(28)33)17-19-16-35-29-22(25(19)31)14-20(18-36-10-12-44-13-11-36)38(29)45(40,41)21-8-6-5-7-9-21/h5-9,14-16H,4,10-13,17-18H2,1-3H3,(H,34,39). The summed E-state index contributed by atoms with van der Waals surface area (Å²) in [6, 6.07) is 9.80. The fourth-order valence-corrected chi connectivity index (χ4v) is 6.89. The van der Waals surface area contributed by atoms with Crippen molar-refractivity contribution in [3.05, 3.63) is 76.6 Å². The molecular formula is C30H32ClF2N5O6S. The Kier molecular flexibility index (Phi) is 9.77. The van der Waals surface area contributed by atoms with Gasteiger partial charge in [0.1, 0.15) is 5.69 Å². The van der Waals surface area contributed by atoms with E-state index >= 15 is 8.78 Å². The summed E-state index contributed by atoms with van der Waals surface area (Å²) in [5, 5.41) is 2.91. The maximum Gasteiger partial charge on any atom is 0.322 e. The average Bonchev–Trinajstić information content (AvgIpc) is 3.42. The third-order valence-electron chi connectivity index (χ3n) is 7.36. The number of pyridine rings is 1. The molecule has 240 valence electrons. The molecule has 1 saturated heterocycles. The van der Waals surface area contributed by atoms with Crippen molar-refractivity contribution in [3.63, 3.8) is 0 Å². The zero-order valence-electron chi connectivity index (χ0n) is 24.8. The molecule has 0 atom stereocenters. The second-order valence-corrected chi connectivity index (χ2v) is 12.3. The van der Waals surface area contributed by atoms with Gasteiger partial charge in [-0.3, -0.25) is 9.80 Å². The van der Waals surface area contributed by atoms with Crippen LogP contribution in [0.3, 0.4) is 0 Å². The van der Waals surface area contributed by atoms with Gasteiger partial charge in [-0.05, 0) is 25.1 Å². The van der Waals surface area contributed by atoms with Crippen LogP contribution >= 0.6 is 11.6 Å². The van der Waals surface area contributed by atoms with Gasteiger partial charge in [0.2, 0.25) is 0 Å². The van der Waals surface area contributed by atoms with Crippen molar-refractivity contribution in [2.75, 3.05) is 52.0 Å². The zero-order valence-corrected chi connectivity index (χ0v) is 26.4. The Balaban J connectivity index is 1.66. The summed E-state index contributed by atoms with van der Waals surface area (Å²) in [7, 11) is -1.71. The lowest BCUT2D eigenvalue weighted by Crippen LogP contribution is -2.40. The zero-order chi connectivity index (χ0) is 32.3. The lowest BCUT2D eigenvalue weighted by Gasteiger charge is -2.26. The summed E-state index contributed by atoms with van der Waals surface area (Å²) in [6.45, 7) is 3.87. The van der Waals surface area contributed by atoms with Gasteiger partial charge in [0.05, 0.1) is 49.6 Å². The van der Waals surface area contributed by atoms with E-state index in [9.17, 15) is 13.2 Å². The minimum absolute atomic E-state index is 0.0630. The topological polar surface area (TPSA) is 115 Å². The predicted octanol–water partition coefficient (Wildman–Crippen LogP) is 4.79. The van der Waals surface area contributed by atoms with Gasteiger partial charge in [0, 0.05) is 49.4 Å². The first-order valence-electron chi connectivity index (χ1n) is 14.1. The van der Waals surface area contributed by atoms with Crippen LogP contribution in [0.15, 0.2) is 53.6 Å². The highest BCUT2D eigenvalue weighted by atomic mass is 35.5. The number of carbonyl (C=O) groups is 1. The smallest absolute Gasteiger partial charge is 0.322 e. The van der Waals surface area contributed by atoms with Crippen LogP contribution < -0.4 is 19.7 Å². The number of rotatable bonds is 10. The average molecular weight is 664 g/mol. The summed E-state index contributed by atoms with van der Waals surface area (Å²) in [5.74, 6) is -2.93. The normalized spacial score (nSPS) is 14.0. The number of ether oxygens (including phenoxy) is 3. The van der Waals surface area contributed by atoms with Crippen LogP contribution in [-0.4, -0.2) is 75.4 Å². The molecule has 0 unspecified atom stereocenters. The Morgan fingerprint density at radius 2 is 1.73 bits per heavy atom. The maximum atomic E-state index is 15.6. The Labute approximate surface area is 264 Å². The summed E-state index contributed by atoms with van der Waals surface area (Å²) in [4.78, 5) is 20.7. The Morgan fingerprint density at radius 1 is 1.09 bits per heavy atom. The number of amides is 2. The highest BCUT2D eigenvalue weighted by molar-refractivity contribution is 7.90. The Hall–Kier alpha value is -3.98. The van der Waals surface area contributed by atoms with E-state index in [-0.39, 0.29) is 51.1 Å². The maximum absolute atomic E-state index is 15.6. The van der Waals surface area contributed by atoms with Crippen LogP contribution in [0, 0.1) is 11.6 Å². The van der Waals surface area contributed by atoms with Crippen molar-refractivity contribution in [2.24, 2.45) is 0 Å². The van der Waals surface area contributed by atoms with Crippen molar-refractivity contribution in [1.29, 1.82) is 0 Å². The van der Waals surface area contributed by atoms with E-state index in [1.165, 1.54) is 32.5 Å². The van der Waals surface area contributed by atoms with Gasteiger partial charge in [0.15, 0.2) is 28.8 Å². The molecule has 1 aliphatic rings. The molecule has 15 heteroatoms. The fraction of sp³-hybridized carbons (Fsp3) is 0.333. The molecule has 1 fully saturated rings. The van der Waals surface area contributed by atoms with E-state index < -0.39 is 39.9 Å². The number of halogens is 3. The number of carbonyl (C=O) groups excluding carboxylic acids is 1. The number of morpholine rings is 1. The van der Waals surface area contributed by atoms with Crippen molar-refractivity contribution in [2.45, 2.75) is 24.9 Å². The van der Waals surface area contributed by atoms with Crippen molar-refractivity contribution in [1.82, 2.24) is 19.2 Å². The molecule has 1 aliphatic heterocycles. The van der Waals surface area contributed by atoms with Gasteiger partial charge in [-0.2, -0.15) is 0 Å². The number of hydrogen-bond acceptors (Lipinski definition) is 8. The van der Waals surface area contributed by atoms with Crippen LogP contribution in [0.1, 0.15) is 18.2 Å². The SMILES string of the molecule is CCNC(=O)N(Cc1cnc2c(cc(CN3CCOCC3)n2S(=O)(=O)c2ccccc2)c1Cl)c1c(F)c(OC)cc(OC)c1F. The minimum atomic E-state index is -4.11. The summed E-state index contributed by atoms with van der Waals surface area (Å²) in [5.41, 5.74) is -0.0212. The predicted molar refractivity (Wildman–Crippen MR) is 165 cm³/mol. The third kappa shape index (κ3) is 6.27. The molecule has 4 aromatic rings. The van der Waals surface area contributed by atoms with Gasteiger partial charge in [-0.25, -0.2) is 30.9 Å². The molecule has 3 heterocycles. The molecule has 5 rings (SSSR count). The molecule has 45 heavy (non-hydrogen) atoms. The van der Waals surface area contributed by atoms with Crippen molar-refractivity contribution in [3.8, 4) is 11.5 Å². The van der Waals surface area contributed by atoms with Gasteiger partial charge < -0.3 is 19.5 Å². The monoisotopic (exact) mass is 663 g/mol. The van der Waals surface area contributed by atoms with E-state index in [0.29, 0.717) is 32.0 Å². The number of urea groups is 1. The molecule has 0 aliphatic carbocycles. The lowest BCUT2D eigenvalue weighted by molar-refractivity contribution is 0.0336. The van der Waals surface area contributed by atoms with Crippen molar-refractivity contribution >= 4 is 44.4 Å². The molecule has 2 amide bonds. The summed E-state index contributed by atoms with van der Waals surface area (Å²) < 4.78 is 75.8. The number of anilines is 1. The van der Waals surface area contributed by atoms with E-state index in [2.05, 4.69) is 15.2 Å². The van der Waals surface area contributed by atoms with Gasteiger partial charge in [-0.1, -0.05) is 29.8 Å². The highest BCUT2D eigenvalue weighted by Gasteiger charge is 2.31. The number of aromatic nitrogens is 2. The van der Waals surface area contributed by atoms with Crippen LogP contribution in [0.5, 0.6) is 11.5 Å². The Morgan fingerprint density at radius 3 is 2.33 bits per heavy atom. The highest BCUT2D eigenvalue weighted by Crippen LogP contribution is 2.39. The second-order valence-electron chi connectivity index (χ2n) is 10.1. The first-order valence-corrected chi connectivity index (χ1v) is 15.9. The minimum Gasteiger partial charge on any atom is -0.493 e. The molecule has 0 bridgehead atoms. The number of fused-ring (bicyclic) bond motifs is 1. The van der Waals surface area contributed by atoms with Crippen LogP contribution in [0.25, 0.3) is 11.0 Å². The first-order chi connectivity index (χ1) is 21.6. The molecular weight excluding hydrogens is 632 g/mol. The van der Waals surface area contributed by atoms with Gasteiger partial charge in [0.25, 0.3) is 10.0 Å². The number of nitrogens with zero attached hydrogens (tertiary/aromatic N) is 4. The number of benzene rings is 2. The second kappa shape index (κ2) is 13.6. The fourth-order valence-electron chi connectivity index (χ4n) is 5.14. The first kappa shape index (κ1) is 32.4. The number of hydrogen-bond donors (Lipinski definition) is 1. The number of methoxy groups -OCH3 is 2. The molecule has 0 saturated carbocycles. The lowest BCUT2D eigenvalue weighted by atomic mass is 10.1. The van der Waals surface area contributed by atoms with Crippen LogP contribution in [0.2, 0.25) is 5.02 Å². The van der Waals surface area contributed by atoms with E-state index in [1.807, 2.05) is 0 Å².